The average molecular weight is 353 g/mol. The van der Waals surface area contributed by atoms with E-state index in [1.165, 1.54) is 18.3 Å². The lowest BCUT2D eigenvalue weighted by Gasteiger charge is -2.03. The average Bonchev–Trinajstić information content (AvgIpc) is 3.05. The lowest BCUT2D eigenvalue weighted by molar-refractivity contribution is -0.385. The van der Waals surface area contributed by atoms with Crippen LogP contribution in [0, 0.1) is 17.0 Å². The topological polar surface area (TPSA) is 85.1 Å². The highest BCUT2D eigenvalue weighted by Gasteiger charge is 2.14. The molecule has 1 heterocycles. The summed E-state index contributed by atoms with van der Waals surface area (Å²) < 4.78 is 0. The first-order chi connectivity index (χ1) is 11.9. The van der Waals surface area contributed by atoms with Crippen molar-refractivity contribution in [3.63, 3.8) is 0 Å². The maximum absolute atomic E-state index is 11.1. The van der Waals surface area contributed by atoms with E-state index < -0.39 is 0 Å². The number of nitrogens with one attached hydrogen (secondary N) is 1. The van der Waals surface area contributed by atoms with Crippen LogP contribution in [0.4, 0.5) is 11.4 Å². The van der Waals surface area contributed by atoms with E-state index in [0.29, 0.717) is 11.3 Å². The molecule has 0 aliphatic carbocycles. The summed E-state index contributed by atoms with van der Waals surface area (Å²) in [5, 5.41) is 16.5. The van der Waals surface area contributed by atoms with Crippen molar-refractivity contribution < 1.29 is 9.72 Å². The van der Waals surface area contributed by atoms with Gasteiger partial charge in [-0.25, -0.2) is 4.98 Å². The fraction of sp³-hybridized carbons (Fsp3) is 0.111. The Kier molecular flexibility index (Phi) is 4.58. The van der Waals surface area contributed by atoms with Crippen LogP contribution in [0.1, 0.15) is 12.5 Å². The highest BCUT2D eigenvalue weighted by atomic mass is 32.1. The fourth-order valence-electron chi connectivity index (χ4n) is 2.40. The van der Waals surface area contributed by atoms with Crippen LogP contribution < -0.4 is 5.32 Å². The van der Waals surface area contributed by atoms with E-state index in [4.69, 9.17) is 0 Å². The van der Waals surface area contributed by atoms with Gasteiger partial charge in [-0.2, -0.15) is 0 Å². The Labute approximate surface area is 148 Å². The molecule has 7 heteroatoms. The molecule has 1 amide bonds. The van der Waals surface area contributed by atoms with E-state index in [2.05, 4.69) is 10.3 Å². The molecule has 0 atom stereocenters. The molecule has 0 radical (unpaired) electrons. The number of nitro groups is 1. The van der Waals surface area contributed by atoms with Crippen LogP contribution in [0.5, 0.6) is 0 Å². The summed E-state index contributed by atoms with van der Waals surface area (Å²) >= 11 is 1.47. The number of hydrogen-bond donors (Lipinski definition) is 1. The summed E-state index contributed by atoms with van der Waals surface area (Å²) in [7, 11) is 0. The molecule has 126 valence electrons. The Balaban J connectivity index is 1.89. The quantitative estimate of drug-likeness (QED) is 0.546. The van der Waals surface area contributed by atoms with Crippen LogP contribution in [-0.2, 0) is 4.79 Å². The Morgan fingerprint density at radius 2 is 1.84 bits per heavy atom. The first-order valence-corrected chi connectivity index (χ1v) is 8.41. The summed E-state index contributed by atoms with van der Waals surface area (Å²) in [6.07, 6.45) is 0. The van der Waals surface area contributed by atoms with Gasteiger partial charge in [-0.05, 0) is 31.2 Å². The van der Waals surface area contributed by atoms with E-state index in [1.807, 2.05) is 35.7 Å². The molecule has 25 heavy (non-hydrogen) atoms. The maximum Gasteiger partial charge on any atom is 0.272 e. The maximum atomic E-state index is 11.1. The number of rotatable bonds is 4. The third-order valence-electron chi connectivity index (χ3n) is 3.66. The van der Waals surface area contributed by atoms with Gasteiger partial charge in [0, 0.05) is 40.7 Å². The zero-order chi connectivity index (χ0) is 18.0. The predicted molar refractivity (Wildman–Crippen MR) is 98.7 cm³/mol. The first-order valence-electron chi connectivity index (χ1n) is 7.53. The van der Waals surface area contributed by atoms with Crippen molar-refractivity contribution in [2.75, 3.05) is 5.32 Å². The second-order valence-electron chi connectivity index (χ2n) is 5.55. The summed E-state index contributed by atoms with van der Waals surface area (Å²) in [4.78, 5) is 26.4. The number of benzene rings is 2. The number of aryl methyl sites for hydroxylation is 1. The molecule has 0 spiro atoms. The molecule has 1 N–H and O–H groups in total. The molecule has 1 aromatic heterocycles. The Morgan fingerprint density at radius 1 is 1.16 bits per heavy atom. The van der Waals surface area contributed by atoms with E-state index in [9.17, 15) is 14.9 Å². The molecule has 0 fully saturated rings. The minimum absolute atomic E-state index is 0.0895. The van der Waals surface area contributed by atoms with Crippen molar-refractivity contribution in [2.24, 2.45) is 0 Å². The largest absolute Gasteiger partial charge is 0.326 e. The van der Waals surface area contributed by atoms with Crippen molar-refractivity contribution in [3.05, 3.63) is 63.5 Å². The lowest BCUT2D eigenvalue weighted by Crippen LogP contribution is -2.05. The molecule has 0 unspecified atom stereocenters. The Hall–Kier alpha value is -3.06. The molecule has 3 aromatic rings. The zero-order valence-electron chi connectivity index (χ0n) is 13.6. The molecule has 6 nitrogen and oxygen atoms in total. The van der Waals surface area contributed by atoms with Gasteiger partial charge in [-0.1, -0.05) is 12.1 Å². The SMILES string of the molecule is CC(=O)Nc1ccc(-c2nc(-c3ccc(C)c([N+](=O)[O-])c3)cs2)cc1. The van der Waals surface area contributed by atoms with E-state index in [-0.39, 0.29) is 16.5 Å². The van der Waals surface area contributed by atoms with E-state index >= 15 is 0 Å². The van der Waals surface area contributed by atoms with Crippen molar-refractivity contribution in [1.29, 1.82) is 0 Å². The molecular weight excluding hydrogens is 338 g/mol. The number of nitrogens with zero attached hydrogens (tertiary/aromatic N) is 2. The number of aromatic nitrogens is 1. The van der Waals surface area contributed by atoms with Gasteiger partial charge in [0.25, 0.3) is 5.69 Å². The van der Waals surface area contributed by atoms with E-state index in [1.54, 1.807) is 19.1 Å². The number of carbonyl (C=O) groups excluding carboxylic acids is 1. The molecule has 2 aromatic carbocycles. The third kappa shape index (κ3) is 3.72. The van der Waals surface area contributed by atoms with Gasteiger partial charge in [-0.3, -0.25) is 14.9 Å². The standard InChI is InChI=1S/C18H15N3O3S/c1-11-3-4-14(9-17(11)21(23)24)16-10-25-18(20-16)13-5-7-15(8-6-13)19-12(2)22/h3-10H,1-2H3,(H,19,22). The number of hydrogen-bond acceptors (Lipinski definition) is 5. The minimum atomic E-state index is -0.382. The van der Waals surface area contributed by atoms with Crippen molar-refractivity contribution in [1.82, 2.24) is 4.98 Å². The van der Waals surface area contributed by atoms with Gasteiger partial charge in [-0.15, -0.1) is 11.3 Å². The summed E-state index contributed by atoms with van der Waals surface area (Å²) in [5.74, 6) is -0.120. The molecule has 0 bridgehead atoms. The summed E-state index contributed by atoms with van der Waals surface area (Å²) in [6, 6.07) is 12.5. The lowest BCUT2D eigenvalue weighted by atomic mass is 10.1. The monoisotopic (exact) mass is 353 g/mol. The second kappa shape index (κ2) is 6.82. The number of nitro benzene ring substituents is 1. The predicted octanol–water partition coefficient (Wildman–Crippen LogP) is 4.65. The number of carbonyl (C=O) groups is 1. The normalized spacial score (nSPS) is 10.5. The third-order valence-corrected chi connectivity index (χ3v) is 4.55. The van der Waals surface area contributed by atoms with Crippen molar-refractivity contribution in [3.8, 4) is 21.8 Å². The van der Waals surface area contributed by atoms with Gasteiger partial charge in [0.15, 0.2) is 0 Å². The van der Waals surface area contributed by atoms with Crippen molar-refractivity contribution >= 4 is 28.6 Å². The van der Waals surface area contributed by atoms with Crippen LogP contribution in [0.15, 0.2) is 47.8 Å². The number of thiazole rings is 1. The highest BCUT2D eigenvalue weighted by molar-refractivity contribution is 7.13. The van der Waals surface area contributed by atoms with Gasteiger partial charge >= 0.3 is 0 Å². The Bertz CT molecular complexity index is 948. The fourth-order valence-corrected chi connectivity index (χ4v) is 3.24. The minimum Gasteiger partial charge on any atom is -0.326 e. The van der Waals surface area contributed by atoms with Gasteiger partial charge in [0.1, 0.15) is 5.01 Å². The second-order valence-corrected chi connectivity index (χ2v) is 6.41. The van der Waals surface area contributed by atoms with Gasteiger partial charge in [0.05, 0.1) is 10.6 Å². The molecule has 0 aliphatic rings. The Morgan fingerprint density at radius 3 is 2.48 bits per heavy atom. The molecule has 0 saturated carbocycles. The molecular formula is C18H15N3O3S. The van der Waals surface area contributed by atoms with Crippen LogP contribution in [0.25, 0.3) is 21.8 Å². The highest BCUT2D eigenvalue weighted by Crippen LogP contribution is 2.32. The van der Waals surface area contributed by atoms with Gasteiger partial charge < -0.3 is 5.32 Å². The number of amides is 1. The summed E-state index contributed by atoms with van der Waals surface area (Å²) in [6.45, 7) is 3.17. The molecule has 3 rings (SSSR count). The first kappa shape index (κ1) is 16.8. The van der Waals surface area contributed by atoms with Crippen LogP contribution >= 0.6 is 11.3 Å². The van der Waals surface area contributed by atoms with Crippen LogP contribution in [0.3, 0.4) is 0 Å². The zero-order valence-corrected chi connectivity index (χ0v) is 14.5. The van der Waals surface area contributed by atoms with Crippen LogP contribution in [-0.4, -0.2) is 15.8 Å². The number of anilines is 1. The van der Waals surface area contributed by atoms with Crippen molar-refractivity contribution in [2.45, 2.75) is 13.8 Å². The summed E-state index contributed by atoms with van der Waals surface area (Å²) in [5.41, 5.74) is 3.78. The smallest absolute Gasteiger partial charge is 0.272 e. The molecule has 0 saturated heterocycles. The molecule has 0 aliphatic heterocycles. The van der Waals surface area contributed by atoms with Crippen LogP contribution in [0.2, 0.25) is 0 Å². The van der Waals surface area contributed by atoms with Gasteiger partial charge in [0.2, 0.25) is 5.91 Å². The van der Waals surface area contributed by atoms with E-state index in [0.717, 1.165) is 21.8 Å².